The van der Waals surface area contributed by atoms with Crippen molar-refractivity contribution >= 4 is 28.3 Å². The fraction of sp³-hybridized carbons (Fsp3) is 0.194. The Hall–Kier alpha value is -3.70. The molecule has 0 saturated carbocycles. The number of carbonyl (C=O) groups is 1. The highest BCUT2D eigenvalue weighted by Gasteiger charge is 2.19. The average molecular weight is 492 g/mol. The van der Waals surface area contributed by atoms with Crippen molar-refractivity contribution in [3.05, 3.63) is 108 Å². The van der Waals surface area contributed by atoms with E-state index in [-0.39, 0.29) is 17.0 Å². The SMILES string of the molecule is Cc1ccc(-n2c(SCC(=O)c3ccc4ccccc4c3)nnc2-c2ccc(C(C)(C)C)cc2)cc1. The van der Waals surface area contributed by atoms with Crippen LogP contribution in [-0.2, 0) is 5.41 Å². The molecule has 0 saturated heterocycles. The number of thioether (sulfide) groups is 1. The van der Waals surface area contributed by atoms with Crippen molar-refractivity contribution in [3.8, 4) is 17.1 Å². The quantitative estimate of drug-likeness (QED) is 0.181. The van der Waals surface area contributed by atoms with Gasteiger partial charge >= 0.3 is 0 Å². The zero-order valence-electron chi connectivity index (χ0n) is 21.0. The van der Waals surface area contributed by atoms with Gasteiger partial charge in [-0.1, -0.05) is 111 Å². The fourth-order valence-electron chi connectivity index (χ4n) is 4.17. The molecule has 0 bridgehead atoms. The van der Waals surface area contributed by atoms with Gasteiger partial charge in [-0.3, -0.25) is 9.36 Å². The largest absolute Gasteiger partial charge is 0.293 e. The van der Waals surface area contributed by atoms with Gasteiger partial charge in [-0.15, -0.1) is 10.2 Å². The van der Waals surface area contributed by atoms with Gasteiger partial charge in [0.1, 0.15) is 0 Å². The first-order chi connectivity index (χ1) is 17.3. The van der Waals surface area contributed by atoms with E-state index in [0.717, 1.165) is 27.8 Å². The van der Waals surface area contributed by atoms with Gasteiger partial charge in [0.05, 0.1) is 5.75 Å². The van der Waals surface area contributed by atoms with Crippen LogP contribution in [0.5, 0.6) is 0 Å². The molecule has 36 heavy (non-hydrogen) atoms. The number of benzene rings is 4. The van der Waals surface area contributed by atoms with Crippen molar-refractivity contribution in [2.75, 3.05) is 5.75 Å². The lowest BCUT2D eigenvalue weighted by Gasteiger charge is -2.19. The van der Waals surface area contributed by atoms with Crippen LogP contribution in [0.2, 0.25) is 0 Å². The first kappa shape index (κ1) is 24.0. The summed E-state index contributed by atoms with van der Waals surface area (Å²) < 4.78 is 2.05. The lowest BCUT2D eigenvalue weighted by Crippen LogP contribution is -2.10. The van der Waals surface area contributed by atoms with Crippen LogP contribution in [-0.4, -0.2) is 26.3 Å². The van der Waals surface area contributed by atoms with Crippen molar-refractivity contribution in [3.63, 3.8) is 0 Å². The second-order valence-corrected chi connectivity index (χ2v) is 11.0. The third-order valence-corrected chi connectivity index (χ3v) is 7.27. The van der Waals surface area contributed by atoms with Crippen molar-refractivity contribution in [2.24, 2.45) is 0 Å². The highest BCUT2D eigenvalue weighted by Crippen LogP contribution is 2.31. The number of hydrogen-bond acceptors (Lipinski definition) is 4. The Morgan fingerprint density at radius 1 is 0.833 bits per heavy atom. The molecule has 0 aliphatic heterocycles. The smallest absolute Gasteiger partial charge is 0.196 e. The highest BCUT2D eigenvalue weighted by molar-refractivity contribution is 7.99. The molecule has 0 spiro atoms. The summed E-state index contributed by atoms with van der Waals surface area (Å²) in [6.07, 6.45) is 0. The summed E-state index contributed by atoms with van der Waals surface area (Å²) >= 11 is 1.42. The molecule has 0 aliphatic rings. The van der Waals surface area contributed by atoms with Crippen LogP contribution in [0.15, 0.2) is 96.2 Å². The van der Waals surface area contributed by atoms with Crippen LogP contribution in [0.3, 0.4) is 0 Å². The van der Waals surface area contributed by atoms with E-state index in [2.05, 4.69) is 92.5 Å². The van der Waals surface area contributed by atoms with Gasteiger partial charge in [-0.25, -0.2) is 0 Å². The van der Waals surface area contributed by atoms with Gasteiger partial charge in [0.2, 0.25) is 0 Å². The second kappa shape index (κ2) is 9.75. The Morgan fingerprint density at radius 2 is 1.53 bits per heavy atom. The topological polar surface area (TPSA) is 47.8 Å². The van der Waals surface area contributed by atoms with Crippen LogP contribution in [0.1, 0.15) is 42.3 Å². The minimum absolute atomic E-state index is 0.0697. The Labute approximate surface area is 216 Å². The molecule has 4 aromatic carbocycles. The first-order valence-corrected chi connectivity index (χ1v) is 13.1. The zero-order chi connectivity index (χ0) is 25.3. The summed E-state index contributed by atoms with van der Waals surface area (Å²) in [5.41, 5.74) is 5.20. The molecule has 0 N–H and O–H groups in total. The molecule has 0 unspecified atom stereocenters. The maximum absolute atomic E-state index is 13.1. The molecule has 0 aliphatic carbocycles. The Balaban J connectivity index is 1.46. The van der Waals surface area contributed by atoms with E-state index >= 15 is 0 Å². The van der Waals surface area contributed by atoms with Gasteiger partial charge in [0.25, 0.3) is 0 Å². The highest BCUT2D eigenvalue weighted by atomic mass is 32.2. The molecule has 0 amide bonds. The summed E-state index contributed by atoms with van der Waals surface area (Å²) in [6.45, 7) is 8.69. The zero-order valence-corrected chi connectivity index (χ0v) is 21.8. The van der Waals surface area contributed by atoms with Crippen LogP contribution in [0.25, 0.3) is 27.8 Å². The lowest BCUT2D eigenvalue weighted by molar-refractivity contribution is 0.102. The number of nitrogens with zero attached hydrogens (tertiary/aromatic N) is 3. The molecule has 180 valence electrons. The average Bonchev–Trinajstić information content (AvgIpc) is 3.31. The summed E-state index contributed by atoms with van der Waals surface area (Å²) in [5, 5.41) is 11.9. The number of fused-ring (bicyclic) bond motifs is 1. The number of rotatable bonds is 6. The molecule has 5 rings (SSSR count). The van der Waals surface area contributed by atoms with Gasteiger partial charge in [-0.05, 0) is 46.9 Å². The maximum Gasteiger partial charge on any atom is 0.196 e. The molecule has 0 fully saturated rings. The molecule has 5 aromatic rings. The number of carbonyl (C=O) groups excluding carboxylic acids is 1. The molecule has 4 nitrogen and oxygen atoms in total. The minimum atomic E-state index is 0.0697. The van der Waals surface area contributed by atoms with Gasteiger partial charge in [0.15, 0.2) is 16.8 Å². The van der Waals surface area contributed by atoms with Crippen LogP contribution in [0, 0.1) is 6.92 Å². The van der Waals surface area contributed by atoms with E-state index in [4.69, 9.17) is 0 Å². The number of ketones is 1. The summed E-state index contributed by atoms with van der Waals surface area (Å²) in [5.74, 6) is 1.12. The van der Waals surface area contributed by atoms with E-state index < -0.39 is 0 Å². The molecular formula is C31H29N3OS. The van der Waals surface area contributed by atoms with Crippen molar-refractivity contribution in [1.82, 2.24) is 14.8 Å². The van der Waals surface area contributed by atoms with Crippen LogP contribution in [0.4, 0.5) is 0 Å². The Bertz CT molecular complexity index is 1530. The summed E-state index contributed by atoms with van der Waals surface area (Å²) in [6, 6.07) is 30.8. The van der Waals surface area contributed by atoms with E-state index in [1.165, 1.54) is 22.9 Å². The normalized spacial score (nSPS) is 11.7. The summed E-state index contributed by atoms with van der Waals surface area (Å²) in [4.78, 5) is 13.1. The second-order valence-electron chi connectivity index (χ2n) is 10.1. The predicted molar refractivity (Wildman–Crippen MR) is 149 cm³/mol. The molecular weight excluding hydrogens is 462 g/mol. The van der Waals surface area contributed by atoms with Crippen LogP contribution >= 0.6 is 11.8 Å². The molecule has 0 radical (unpaired) electrons. The number of aromatic nitrogens is 3. The Kier molecular flexibility index (Phi) is 6.50. The standard InChI is InChI=1S/C31H29N3OS/c1-21-9-17-27(18-10-21)34-29(23-13-15-26(16-14-23)31(2,3)4)32-33-30(34)36-20-28(35)25-12-11-22-7-5-6-8-24(22)19-25/h5-19H,20H2,1-4H3. The molecule has 1 heterocycles. The monoisotopic (exact) mass is 491 g/mol. The van der Waals surface area contributed by atoms with Gasteiger partial charge in [0, 0.05) is 16.8 Å². The minimum Gasteiger partial charge on any atom is -0.293 e. The van der Waals surface area contributed by atoms with Crippen LogP contribution < -0.4 is 0 Å². The lowest BCUT2D eigenvalue weighted by atomic mass is 9.87. The molecule has 5 heteroatoms. The van der Waals surface area contributed by atoms with Gasteiger partial charge < -0.3 is 0 Å². The first-order valence-electron chi connectivity index (χ1n) is 12.1. The third kappa shape index (κ3) is 4.98. The van der Waals surface area contributed by atoms with E-state index in [9.17, 15) is 4.79 Å². The summed E-state index contributed by atoms with van der Waals surface area (Å²) in [7, 11) is 0. The van der Waals surface area contributed by atoms with Crippen molar-refractivity contribution in [1.29, 1.82) is 0 Å². The predicted octanol–water partition coefficient (Wildman–Crippen LogP) is 7.67. The molecule has 1 aromatic heterocycles. The van der Waals surface area contributed by atoms with E-state index in [1.807, 2.05) is 41.0 Å². The van der Waals surface area contributed by atoms with Gasteiger partial charge in [-0.2, -0.15) is 0 Å². The fourth-order valence-corrected chi connectivity index (χ4v) is 5.02. The van der Waals surface area contributed by atoms with E-state index in [0.29, 0.717) is 10.7 Å². The number of aryl methyl sites for hydroxylation is 1. The van der Waals surface area contributed by atoms with E-state index in [1.54, 1.807) is 0 Å². The molecule has 0 atom stereocenters. The van der Waals surface area contributed by atoms with Crippen molar-refractivity contribution < 1.29 is 4.79 Å². The number of hydrogen-bond donors (Lipinski definition) is 0. The Morgan fingerprint density at radius 3 is 2.22 bits per heavy atom. The van der Waals surface area contributed by atoms with Crippen molar-refractivity contribution in [2.45, 2.75) is 38.3 Å². The third-order valence-electron chi connectivity index (χ3n) is 6.34. The number of Topliss-reactive ketones (excluding diaryl/α,β-unsaturated/α-hetero) is 1. The maximum atomic E-state index is 13.1.